The van der Waals surface area contributed by atoms with Gasteiger partial charge in [-0.1, -0.05) is 6.07 Å². The molecule has 1 aromatic rings. The molecule has 13 heavy (non-hydrogen) atoms. The Balaban J connectivity index is 2.64. The van der Waals surface area contributed by atoms with Crippen molar-refractivity contribution in [2.24, 2.45) is 0 Å². The van der Waals surface area contributed by atoms with Gasteiger partial charge in [-0.2, -0.15) is 5.26 Å². The van der Waals surface area contributed by atoms with Gasteiger partial charge in [0.05, 0.1) is 34.3 Å². The third-order valence-corrected chi connectivity index (χ3v) is 2.62. The van der Waals surface area contributed by atoms with Crippen LogP contribution >= 0.6 is 16.1 Å². The third kappa shape index (κ3) is 1.12. The fraction of sp³-hybridized carbons (Fsp3) is 0.111. The van der Waals surface area contributed by atoms with Crippen LogP contribution in [0, 0.1) is 11.3 Å². The van der Waals surface area contributed by atoms with Crippen LogP contribution in [0.1, 0.15) is 21.5 Å². The van der Waals surface area contributed by atoms with Gasteiger partial charge in [0.15, 0.2) is 0 Å². The zero-order chi connectivity index (χ0) is 9.42. The van der Waals surface area contributed by atoms with E-state index < -0.39 is 0 Å². The Morgan fingerprint density at radius 2 is 2.31 bits per heavy atom. The molecule has 64 valence electrons. The van der Waals surface area contributed by atoms with Crippen molar-refractivity contribution < 1.29 is 4.79 Å². The van der Waals surface area contributed by atoms with Crippen molar-refractivity contribution in [2.75, 3.05) is 0 Å². The summed E-state index contributed by atoms with van der Waals surface area (Å²) < 4.78 is 1.43. The summed E-state index contributed by atoms with van der Waals surface area (Å²) in [5, 5.41) is 8.78. The first-order valence-electron chi connectivity index (χ1n) is 3.73. The maximum atomic E-state index is 11.4. The molecule has 1 aliphatic rings. The average molecular weight is 237 g/mol. The first kappa shape index (κ1) is 8.27. The summed E-state index contributed by atoms with van der Waals surface area (Å²) in [4.78, 5) is 11.4. The van der Waals surface area contributed by atoms with Crippen molar-refractivity contribution in [3.05, 3.63) is 34.9 Å². The van der Waals surface area contributed by atoms with Gasteiger partial charge in [-0.3, -0.25) is 8.72 Å². The van der Waals surface area contributed by atoms with Crippen LogP contribution in [0.2, 0.25) is 0 Å². The van der Waals surface area contributed by atoms with Crippen LogP contribution in [-0.2, 0) is 6.54 Å². The van der Waals surface area contributed by atoms with Gasteiger partial charge in [0.1, 0.15) is 0 Å². The number of nitriles is 1. The van der Waals surface area contributed by atoms with Crippen LogP contribution in [0.5, 0.6) is 0 Å². The van der Waals surface area contributed by atoms with Crippen molar-refractivity contribution in [3.63, 3.8) is 0 Å². The Morgan fingerprint density at radius 3 is 3.00 bits per heavy atom. The minimum Gasteiger partial charge on any atom is -0.270 e. The van der Waals surface area contributed by atoms with E-state index in [9.17, 15) is 4.79 Å². The highest BCUT2D eigenvalue weighted by molar-refractivity contribution is 9.07. The number of nitrogens with zero attached hydrogens (tertiary/aromatic N) is 2. The Bertz CT molecular complexity index is 422. The Hall–Kier alpha value is -1.34. The van der Waals surface area contributed by atoms with Gasteiger partial charge in [-0.15, -0.1) is 0 Å². The van der Waals surface area contributed by atoms with Crippen molar-refractivity contribution in [1.29, 1.82) is 5.26 Å². The lowest BCUT2D eigenvalue weighted by molar-refractivity contribution is 0.0896. The predicted octanol–water partition coefficient (Wildman–Crippen LogP) is 1.82. The molecule has 0 bridgehead atoms. The number of hydrogen-bond donors (Lipinski definition) is 0. The molecule has 0 aliphatic carbocycles. The molecule has 1 aliphatic heterocycles. The first-order chi connectivity index (χ1) is 6.24. The molecule has 0 saturated carbocycles. The topological polar surface area (TPSA) is 44.1 Å². The van der Waals surface area contributed by atoms with Gasteiger partial charge >= 0.3 is 0 Å². The number of carbonyl (C=O) groups is 1. The molecule has 1 amide bonds. The molecule has 1 heterocycles. The number of hydrogen-bond acceptors (Lipinski definition) is 2. The summed E-state index contributed by atoms with van der Waals surface area (Å²) in [6.45, 7) is 0.470. The van der Waals surface area contributed by atoms with Gasteiger partial charge in [0.25, 0.3) is 5.91 Å². The zero-order valence-electron chi connectivity index (χ0n) is 6.62. The fourth-order valence-electron chi connectivity index (χ4n) is 1.40. The highest BCUT2D eigenvalue weighted by Gasteiger charge is 2.27. The maximum Gasteiger partial charge on any atom is 0.264 e. The summed E-state index contributed by atoms with van der Waals surface area (Å²) in [6, 6.07) is 7.25. The van der Waals surface area contributed by atoms with Crippen LogP contribution in [0.4, 0.5) is 0 Å². The lowest BCUT2D eigenvalue weighted by Crippen LogP contribution is -2.10. The number of halogens is 1. The van der Waals surface area contributed by atoms with Crippen molar-refractivity contribution >= 4 is 22.1 Å². The van der Waals surface area contributed by atoms with Gasteiger partial charge in [0.2, 0.25) is 0 Å². The first-order valence-corrected chi connectivity index (χ1v) is 4.44. The molecule has 0 fully saturated rings. The van der Waals surface area contributed by atoms with Crippen molar-refractivity contribution in [2.45, 2.75) is 6.54 Å². The standard InChI is InChI=1S/C9H5BrN2O/c10-12-5-8-6(4-11)2-1-3-7(8)9(12)13/h1-3H,5H2. The van der Waals surface area contributed by atoms with E-state index in [-0.39, 0.29) is 5.91 Å². The molecular formula is C9H5BrN2O. The van der Waals surface area contributed by atoms with Crippen LogP contribution in [0.15, 0.2) is 18.2 Å². The molecule has 0 unspecified atom stereocenters. The van der Waals surface area contributed by atoms with E-state index in [2.05, 4.69) is 22.2 Å². The molecule has 0 atom stereocenters. The van der Waals surface area contributed by atoms with Gasteiger partial charge < -0.3 is 0 Å². The summed E-state index contributed by atoms with van der Waals surface area (Å²) in [5.41, 5.74) is 2.01. The maximum absolute atomic E-state index is 11.4. The van der Waals surface area contributed by atoms with Crippen molar-refractivity contribution in [1.82, 2.24) is 3.93 Å². The summed E-state index contributed by atoms with van der Waals surface area (Å²) >= 11 is 3.12. The van der Waals surface area contributed by atoms with Gasteiger partial charge in [-0.05, 0) is 12.1 Å². The zero-order valence-corrected chi connectivity index (χ0v) is 8.21. The molecule has 2 rings (SSSR count). The number of amides is 1. The largest absolute Gasteiger partial charge is 0.270 e. The lowest BCUT2D eigenvalue weighted by atomic mass is 10.0. The smallest absolute Gasteiger partial charge is 0.264 e. The third-order valence-electron chi connectivity index (χ3n) is 2.04. The van der Waals surface area contributed by atoms with Gasteiger partial charge in [0, 0.05) is 11.1 Å². The van der Waals surface area contributed by atoms with E-state index in [4.69, 9.17) is 5.26 Å². The molecule has 4 heteroatoms. The average Bonchev–Trinajstić information content (AvgIpc) is 2.43. The molecule has 1 aromatic carbocycles. The SMILES string of the molecule is N#Cc1cccc2c1CN(Br)C2=O. The number of fused-ring (bicyclic) bond motifs is 1. The van der Waals surface area contributed by atoms with Gasteiger partial charge in [-0.25, -0.2) is 0 Å². The predicted molar refractivity (Wildman–Crippen MR) is 50.0 cm³/mol. The van der Waals surface area contributed by atoms with E-state index in [1.807, 2.05) is 0 Å². The van der Waals surface area contributed by atoms with Crippen LogP contribution in [0.25, 0.3) is 0 Å². The molecular weight excluding hydrogens is 232 g/mol. The van der Waals surface area contributed by atoms with E-state index in [1.54, 1.807) is 18.2 Å². The second-order valence-electron chi connectivity index (χ2n) is 2.77. The van der Waals surface area contributed by atoms with Crippen LogP contribution in [0.3, 0.4) is 0 Å². The van der Waals surface area contributed by atoms with Crippen LogP contribution < -0.4 is 0 Å². The highest BCUT2D eigenvalue weighted by Crippen LogP contribution is 2.27. The second kappa shape index (κ2) is 2.86. The Labute approximate surface area is 83.9 Å². The summed E-state index contributed by atoms with van der Waals surface area (Å²) in [6.07, 6.45) is 0. The monoisotopic (exact) mass is 236 g/mol. The van der Waals surface area contributed by atoms with E-state index in [0.29, 0.717) is 17.7 Å². The minimum atomic E-state index is -0.0768. The highest BCUT2D eigenvalue weighted by atomic mass is 79.9. The molecule has 0 radical (unpaired) electrons. The van der Waals surface area contributed by atoms with Crippen molar-refractivity contribution in [3.8, 4) is 6.07 Å². The second-order valence-corrected chi connectivity index (χ2v) is 3.63. The molecule has 3 nitrogen and oxygen atoms in total. The lowest BCUT2D eigenvalue weighted by Gasteiger charge is -2.00. The van der Waals surface area contributed by atoms with E-state index in [1.165, 1.54) is 3.93 Å². The number of benzene rings is 1. The molecule has 0 spiro atoms. The Morgan fingerprint density at radius 1 is 1.54 bits per heavy atom. The Kier molecular flexibility index (Phi) is 1.82. The normalized spacial score (nSPS) is 14.2. The minimum absolute atomic E-state index is 0.0768. The summed E-state index contributed by atoms with van der Waals surface area (Å²) in [5.74, 6) is -0.0768. The van der Waals surface area contributed by atoms with Crippen LogP contribution in [-0.4, -0.2) is 9.83 Å². The van der Waals surface area contributed by atoms with E-state index >= 15 is 0 Å². The molecule has 0 aromatic heterocycles. The number of carbonyl (C=O) groups excluding carboxylic acids is 1. The molecule has 0 saturated heterocycles. The number of rotatable bonds is 0. The summed E-state index contributed by atoms with van der Waals surface area (Å²) in [7, 11) is 0. The quantitative estimate of drug-likeness (QED) is 0.646. The fourth-order valence-corrected chi connectivity index (χ4v) is 1.85. The van der Waals surface area contributed by atoms with E-state index in [0.717, 1.165) is 5.56 Å². The molecule has 0 N–H and O–H groups in total.